The Morgan fingerprint density at radius 3 is 2.55 bits per heavy atom. The normalized spacial score (nSPS) is 10.5. The molecule has 1 aromatic rings. The average molecular weight is 153 g/mol. The molecule has 0 aliphatic heterocycles. The van der Waals surface area contributed by atoms with Crippen LogP contribution in [0.15, 0.2) is 4.52 Å². The molecule has 0 bridgehead atoms. The summed E-state index contributed by atoms with van der Waals surface area (Å²) in [6.45, 7) is 5.69. The Kier molecular flexibility index (Phi) is 2.08. The fourth-order valence-corrected chi connectivity index (χ4v) is 0.954. The van der Waals surface area contributed by atoms with E-state index >= 15 is 0 Å². The lowest BCUT2D eigenvalue weighted by atomic mass is 10.1. The SMILES string of the molecule is Cc1noc(C(C)C)c1C=O. The lowest BCUT2D eigenvalue weighted by Gasteiger charge is -1.97. The van der Waals surface area contributed by atoms with E-state index in [9.17, 15) is 4.79 Å². The van der Waals surface area contributed by atoms with Crippen LogP contribution >= 0.6 is 0 Å². The van der Waals surface area contributed by atoms with E-state index in [4.69, 9.17) is 4.52 Å². The molecule has 0 saturated carbocycles. The van der Waals surface area contributed by atoms with Gasteiger partial charge in [0.05, 0.1) is 11.3 Å². The van der Waals surface area contributed by atoms with Gasteiger partial charge in [-0.3, -0.25) is 4.79 Å². The molecule has 1 heterocycles. The second kappa shape index (κ2) is 2.86. The van der Waals surface area contributed by atoms with E-state index in [0.29, 0.717) is 17.0 Å². The van der Waals surface area contributed by atoms with E-state index < -0.39 is 0 Å². The highest BCUT2D eigenvalue weighted by Gasteiger charge is 2.14. The van der Waals surface area contributed by atoms with E-state index in [1.54, 1.807) is 6.92 Å². The number of aryl methyl sites for hydroxylation is 1. The monoisotopic (exact) mass is 153 g/mol. The standard InChI is InChI=1S/C8H11NO2/c1-5(2)8-7(4-10)6(3)9-11-8/h4-5H,1-3H3. The zero-order valence-electron chi connectivity index (χ0n) is 6.92. The molecule has 0 saturated heterocycles. The zero-order chi connectivity index (χ0) is 8.43. The van der Waals surface area contributed by atoms with E-state index in [0.717, 1.165) is 6.29 Å². The van der Waals surface area contributed by atoms with Gasteiger partial charge in [0.2, 0.25) is 0 Å². The van der Waals surface area contributed by atoms with Gasteiger partial charge < -0.3 is 4.52 Å². The van der Waals surface area contributed by atoms with Gasteiger partial charge in [-0.25, -0.2) is 0 Å². The summed E-state index contributed by atoms with van der Waals surface area (Å²) < 4.78 is 4.97. The molecule has 0 radical (unpaired) electrons. The molecule has 0 aliphatic rings. The lowest BCUT2D eigenvalue weighted by Crippen LogP contribution is -1.90. The smallest absolute Gasteiger partial charge is 0.155 e. The van der Waals surface area contributed by atoms with E-state index in [1.165, 1.54) is 0 Å². The zero-order valence-corrected chi connectivity index (χ0v) is 6.92. The highest BCUT2D eigenvalue weighted by molar-refractivity contribution is 5.77. The van der Waals surface area contributed by atoms with Crippen LogP contribution in [0.2, 0.25) is 0 Å². The molecule has 0 unspecified atom stereocenters. The van der Waals surface area contributed by atoms with Gasteiger partial charge in [-0.2, -0.15) is 0 Å². The Balaban J connectivity index is 3.15. The number of aldehydes is 1. The van der Waals surface area contributed by atoms with Crippen LogP contribution in [-0.4, -0.2) is 11.4 Å². The van der Waals surface area contributed by atoms with Crippen LogP contribution in [-0.2, 0) is 0 Å². The van der Waals surface area contributed by atoms with E-state index in [1.807, 2.05) is 13.8 Å². The Bertz CT molecular complexity index is 263. The summed E-state index contributed by atoms with van der Waals surface area (Å²) in [6, 6.07) is 0. The highest BCUT2D eigenvalue weighted by atomic mass is 16.5. The van der Waals surface area contributed by atoms with Crippen molar-refractivity contribution < 1.29 is 9.32 Å². The van der Waals surface area contributed by atoms with Crippen LogP contribution in [0.3, 0.4) is 0 Å². The van der Waals surface area contributed by atoms with E-state index in [-0.39, 0.29) is 5.92 Å². The molecule has 0 atom stereocenters. The van der Waals surface area contributed by atoms with Crippen LogP contribution in [0, 0.1) is 6.92 Å². The molecule has 3 heteroatoms. The van der Waals surface area contributed by atoms with Crippen LogP contribution in [0.25, 0.3) is 0 Å². The van der Waals surface area contributed by atoms with Crippen LogP contribution in [0.5, 0.6) is 0 Å². The van der Waals surface area contributed by atoms with Gasteiger partial charge in [-0.15, -0.1) is 0 Å². The molecule has 0 aliphatic carbocycles. The summed E-state index contributed by atoms with van der Waals surface area (Å²) in [5, 5.41) is 3.70. The molecular weight excluding hydrogens is 142 g/mol. The molecule has 0 amide bonds. The molecule has 0 spiro atoms. The van der Waals surface area contributed by atoms with Gasteiger partial charge in [0.15, 0.2) is 6.29 Å². The van der Waals surface area contributed by atoms with Gasteiger partial charge in [0.25, 0.3) is 0 Å². The second-order valence-electron chi connectivity index (χ2n) is 2.82. The summed E-state index contributed by atoms with van der Waals surface area (Å²) in [4.78, 5) is 10.5. The Labute approximate surface area is 65.4 Å². The summed E-state index contributed by atoms with van der Waals surface area (Å²) in [7, 11) is 0. The minimum absolute atomic E-state index is 0.219. The number of carbonyl (C=O) groups excluding carboxylic acids is 1. The van der Waals surface area contributed by atoms with Crippen LogP contribution < -0.4 is 0 Å². The predicted octanol–water partition coefficient (Wildman–Crippen LogP) is 1.92. The first kappa shape index (κ1) is 7.98. The van der Waals surface area contributed by atoms with Crippen molar-refractivity contribution in [3.8, 4) is 0 Å². The third kappa shape index (κ3) is 1.31. The number of rotatable bonds is 2. The summed E-state index contributed by atoms with van der Waals surface area (Å²) >= 11 is 0. The van der Waals surface area contributed by atoms with E-state index in [2.05, 4.69) is 5.16 Å². The van der Waals surface area contributed by atoms with Crippen LogP contribution in [0.1, 0.15) is 41.6 Å². The van der Waals surface area contributed by atoms with Gasteiger partial charge in [0, 0.05) is 5.92 Å². The third-order valence-corrected chi connectivity index (χ3v) is 1.58. The largest absolute Gasteiger partial charge is 0.360 e. The second-order valence-corrected chi connectivity index (χ2v) is 2.82. The molecule has 11 heavy (non-hydrogen) atoms. The molecule has 1 rings (SSSR count). The Hall–Kier alpha value is -1.12. The molecule has 0 N–H and O–H groups in total. The maximum Gasteiger partial charge on any atom is 0.155 e. The van der Waals surface area contributed by atoms with Crippen molar-refractivity contribution in [2.75, 3.05) is 0 Å². The lowest BCUT2D eigenvalue weighted by molar-refractivity contribution is 0.112. The molecule has 0 aromatic carbocycles. The fraction of sp³-hybridized carbons (Fsp3) is 0.500. The fourth-order valence-electron chi connectivity index (χ4n) is 0.954. The van der Waals surface area contributed by atoms with Crippen molar-refractivity contribution in [2.45, 2.75) is 26.7 Å². The maximum absolute atomic E-state index is 10.5. The summed E-state index contributed by atoms with van der Waals surface area (Å²) in [6.07, 6.45) is 0.793. The highest BCUT2D eigenvalue weighted by Crippen LogP contribution is 2.19. The Morgan fingerprint density at radius 2 is 2.18 bits per heavy atom. The first-order valence-corrected chi connectivity index (χ1v) is 3.58. The molecule has 0 fully saturated rings. The quantitative estimate of drug-likeness (QED) is 0.609. The number of carbonyl (C=O) groups is 1. The average Bonchev–Trinajstić information content (AvgIpc) is 2.30. The molecule has 1 aromatic heterocycles. The van der Waals surface area contributed by atoms with Gasteiger partial charge >= 0.3 is 0 Å². The molecular formula is C8H11NO2. The first-order chi connectivity index (χ1) is 5.16. The maximum atomic E-state index is 10.5. The van der Waals surface area contributed by atoms with Crippen molar-refractivity contribution in [1.29, 1.82) is 0 Å². The van der Waals surface area contributed by atoms with Crippen molar-refractivity contribution in [3.05, 3.63) is 17.0 Å². The van der Waals surface area contributed by atoms with Crippen molar-refractivity contribution in [3.63, 3.8) is 0 Å². The van der Waals surface area contributed by atoms with Crippen molar-refractivity contribution in [2.24, 2.45) is 0 Å². The summed E-state index contributed by atoms with van der Waals surface area (Å²) in [5.41, 5.74) is 1.27. The molecule has 3 nitrogen and oxygen atoms in total. The molecule has 60 valence electrons. The van der Waals surface area contributed by atoms with Crippen molar-refractivity contribution in [1.82, 2.24) is 5.16 Å². The topological polar surface area (TPSA) is 43.1 Å². The van der Waals surface area contributed by atoms with Gasteiger partial charge in [0.1, 0.15) is 5.76 Å². The van der Waals surface area contributed by atoms with Gasteiger partial charge in [-0.05, 0) is 6.92 Å². The number of aromatic nitrogens is 1. The predicted molar refractivity (Wildman–Crippen MR) is 40.7 cm³/mol. The van der Waals surface area contributed by atoms with Gasteiger partial charge in [-0.1, -0.05) is 19.0 Å². The minimum atomic E-state index is 0.219. The van der Waals surface area contributed by atoms with Crippen LogP contribution in [0.4, 0.5) is 0 Å². The first-order valence-electron chi connectivity index (χ1n) is 3.58. The Morgan fingerprint density at radius 1 is 1.55 bits per heavy atom. The number of nitrogens with zero attached hydrogens (tertiary/aromatic N) is 1. The summed E-state index contributed by atoms with van der Waals surface area (Å²) in [5.74, 6) is 0.897. The minimum Gasteiger partial charge on any atom is -0.360 e. The van der Waals surface area contributed by atoms with Crippen molar-refractivity contribution >= 4 is 6.29 Å². The number of hydrogen-bond acceptors (Lipinski definition) is 3. The third-order valence-electron chi connectivity index (χ3n) is 1.58. The number of hydrogen-bond donors (Lipinski definition) is 0.